The van der Waals surface area contributed by atoms with Crippen LogP contribution in [0.5, 0.6) is 11.5 Å². The summed E-state index contributed by atoms with van der Waals surface area (Å²) in [5.41, 5.74) is 1.37. The number of rotatable bonds is 5. The molecule has 1 N–H and O–H groups in total. The van der Waals surface area contributed by atoms with Gasteiger partial charge in [-0.15, -0.1) is 0 Å². The molecule has 3 nitrogen and oxygen atoms in total. The first-order valence-corrected chi connectivity index (χ1v) is 8.25. The zero-order chi connectivity index (χ0) is 18.4. The maximum absolute atomic E-state index is 12.8. The van der Waals surface area contributed by atoms with Crippen LogP contribution in [0, 0.1) is 5.82 Å². The Morgan fingerprint density at radius 2 is 1.65 bits per heavy atom. The van der Waals surface area contributed by atoms with Gasteiger partial charge in [-0.2, -0.15) is 0 Å². The summed E-state index contributed by atoms with van der Waals surface area (Å²) in [6, 6.07) is 20.0. The van der Waals surface area contributed by atoms with Crippen molar-refractivity contribution in [3.63, 3.8) is 0 Å². The Morgan fingerprint density at radius 3 is 2.35 bits per heavy atom. The maximum atomic E-state index is 12.8. The van der Waals surface area contributed by atoms with Crippen LogP contribution in [-0.4, -0.2) is 5.91 Å². The van der Waals surface area contributed by atoms with Gasteiger partial charge in [0.1, 0.15) is 17.3 Å². The van der Waals surface area contributed by atoms with Crippen molar-refractivity contribution in [2.75, 3.05) is 5.32 Å². The van der Waals surface area contributed by atoms with Gasteiger partial charge in [0.2, 0.25) is 5.91 Å². The molecule has 130 valence electrons. The highest BCUT2D eigenvalue weighted by Crippen LogP contribution is 2.29. The summed E-state index contributed by atoms with van der Waals surface area (Å²) in [5.74, 6) is 0.575. The fourth-order valence-corrected chi connectivity index (χ4v) is 2.36. The van der Waals surface area contributed by atoms with E-state index in [-0.39, 0.29) is 11.7 Å². The van der Waals surface area contributed by atoms with E-state index < -0.39 is 0 Å². The predicted molar refractivity (Wildman–Crippen MR) is 102 cm³/mol. The molecule has 0 spiro atoms. The van der Waals surface area contributed by atoms with Gasteiger partial charge in [0.15, 0.2) is 0 Å². The largest absolute Gasteiger partial charge is 0.456 e. The Bertz CT molecular complexity index is 922. The van der Waals surface area contributed by atoms with Gasteiger partial charge in [-0.05, 0) is 60.2 Å². The lowest BCUT2D eigenvalue weighted by Crippen LogP contribution is -2.07. The third-order valence-corrected chi connectivity index (χ3v) is 3.80. The molecule has 0 atom stereocenters. The Morgan fingerprint density at radius 1 is 0.962 bits per heavy atom. The molecule has 5 heteroatoms. The van der Waals surface area contributed by atoms with E-state index in [9.17, 15) is 9.18 Å². The van der Waals surface area contributed by atoms with Crippen LogP contribution in [0.4, 0.5) is 10.1 Å². The molecule has 0 bridgehead atoms. The van der Waals surface area contributed by atoms with Crippen molar-refractivity contribution in [3.05, 3.63) is 95.3 Å². The van der Waals surface area contributed by atoms with Gasteiger partial charge >= 0.3 is 0 Å². The van der Waals surface area contributed by atoms with Crippen molar-refractivity contribution in [1.82, 2.24) is 0 Å². The molecule has 3 aromatic rings. The summed E-state index contributed by atoms with van der Waals surface area (Å²) >= 11 is 6.06. The van der Waals surface area contributed by atoms with Gasteiger partial charge in [-0.1, -0.05) is 35.9 Å². The Kier molecular flexibility index (Phi) is 5.66. The summed E-state index contributed by atoms with van der Waals surface area (Å²) in [7, 11) is 0. The third-order valence-electron chi connectivity index (χ3n) is 3.48. The number of hydrogen-bond donors (Lipinski definition) is 1. The molecular formula is C21H15ClFNO2. The van der Waals surface area contributed by atoms with Crippen molar-refractivity contribution < 1.29 is 13.9 Å². The van der Waals surface area contributed by atoms with E-state index in [2.05, 4.69) is 5.32 Å². The number of nitrogens with one attached hydrogen (secondary N) is 1. The molecule has 0 aliphatic heterocycles. The molecule has 0 saturated heterocycles. The van der Waals surface area contributed by atoms with Gasteiger partial charge in [0.25, 0.3) is 0 Å². The highest BCUT2D eigenvalue weighted by molar-refractivity contribution is 6.32. The van der Waals surface area contributed by atoms with E-state index in [4.69, 9.17) is 16.3 Å². The summed E-state index contributed by atoms with van der Waals surface area (Å²) in [5, 5.41) is 3.27. The van der Waals surface area contributed by atoms with Crippen LogP contribution in [0.25, 0.3) is 6.08 Å². The fourth-order valence-electron chi connectivity index (χ4n) is 2.19. The van der Waals surface area contributed by atoms with Crippen LogP contribution in [0.3, 0.4) is 0 Å². The molecule has 0 fully saturated rings. The molecule has 1 amide bonds. The smallest absolute Gasteiger partial charge is 0.248 e. The molecule has 26 heavy (non-hydrogen) atoms. The minimum absolute atomic E-state index is 0.283. The van der Waals surface area contributed by atoms with Crippen LogP contribution in [0.2, 0.25) is 5.02 Å². The van der Waals surface area contributed by atoms with Gasteiger partial charge in [0.05, 0.1) is 5.02 Å². The summed E-state index contributed by atoms with van der Waals surface area (Å²) in [6.45, 7) is 0. The number of carbonyl (C=O) groups is 1. The number of halogens is 2. The second kappa shape index (κ2) is 8.32. The number of amides is 1. The van der Waals surface area contributed by atoms with Gasteiger partial charge in [-0.3, -0.25) is 4.79 Å². The molecule has 0 radical (unpaired) electrons. The van der Waals surface area contributed by atoms with E-state index in [0.717, 1.165) is 5.56 Å². The van der Waals surface area contributed by atoms with Crippen molar-refractivity contribution >= 4 is 29.3 Å². The predicted octanol–water partition coefficient (Wildman–Crippen LogP) is 5.92. The van der Waals surface area contributed by atoms with Gasteiger partial charge in [0, 0.05) is 11.8 Å². The van der Waals surface area contributed by atoms with Crippen LogP contribution >= 0.6 is 11.6 Å². The molecular weight excluding hydrogens is 353 g/mol. The number of benzene rings is 3. The number of para-hydroxylation sites is 1. The van der Waals surface area contributed by atoms with E-state index in [0.29, 0.717) is 22.2 Å². The quantitative estimate of drug-likeness (QED) is 0.568. The monoisotopic (exact) mass is 367 g/mol. The van der Waals surface area contributed by atoms with Crippen molar-refractivity contribution in [2.45, 2.75) is 0 Å². The molecule has 0 aromatic heterocycles. The third kappa shape index (κ3) is 4.94. The summed E-state index contributed by atoms with van der Waals surface area (Å²) in [4.78, 5) is 12.0. The summed E-state index contributed by atoms with van der Waals surface area (Å²) in [6.07, 6.45) is 3.01. The van der Waals surface area contributed by atoms with Crippen LogP contribution in [0.1, 0.15) is 5.56 Å². The Hall–Kier alpha value is -3.11. The average molecular weight is 368 g/mol. The van der Waals surface area contributed by atoms with Crippen molar-refractivity contribution in [1.29, 1.82) is 0 Å². The SMILES string of the molecule is O=C(/C=C/c1ccc(F)cc1)Nc1ccc(Oc2ccccc2Cl)cc1. The van der Waals surface area contributed by atoms with E-state index in [1.54, 1.807) is 54.6 Å². The molecule has 3 rings (SSSR count). The molecule has 0 heterocycles. The van der Waals surface area contributed by atoms with Crippen LogP contribution < -0.4 is 10.1 Å². The second-order valence-corrected chi connectivity index (χ2v) is 5.84. The second-order valence-electron chi connectivity index (χ2n) is 5.43. The first-order valence-electron chi connectivity index (χ1n) is 7.87. The van der Waals surface area contributed by atoms with Crippen molar-refractivity contribution in [3.8, 4) is 11.5 Å². The van der Waals surface area contributed by atoms with E-state index >= 15 is 0 Å². The lowest BCUT2D eigenvalue weighted by Gasteiger charge is -2.08. The fraction of sp³-hybridized carbons (Fsp3) is 0. The first-order chi connectivity index (χ1) is 12.6. The highest BCUT2D eigenvalue weighted by atomic mass is 35.5. The van der Waals surface area contributed by atoms with Crippen LogP contribution in [0.15, 0.2) is 78.9 Å². The number of hydrogen-bond acceptors (Lipinski definition) is 2. The van der Waals surface area contributed by atoms with E-state index in [1.807, 2.05) is 12.1 Å². The Labute approximate surface area is 155 Å². The lowest BCUT2D eigenvalue weighted by molar-refractivity contribution is -0.111. The zero-order valence-electron chi connectivity index (χ0n) is 13.7. The maximum Gasteiger partial charge on any atom is 0.248 e. The number of ether oxygens (including phenoxy) is 1. The first kappa shape index (κ1) is 17.7. The van der Waals surface area contributed by atoms with Gasteiger partial charge in [-0.25, -0.2) is 4.39 Å². The highest BCUT2D eigenvalue weighted by Gasteiger charge is 2.03. The Balaban J connectivity index is 1.59. The minimum Gasteiger partial charge on any atom is -0.456 e. The summed E-state index contributed by atoms with van der Waals surface area (Å²) < 4.78 is 18.5. The molecule has 0 unspecified atom stereocenters. The normalized spacial score (nSPS) is 10.7. The van der Waals surface area contributed by atoms with Gasteiger partial charge < -0.3 is 10.1 Å². The average Bonchev–Trinajstić information content (AvgIpc) is 2.65. The molecule has 0 saturated carbocycles. The van der Waals surface area contributed by atoms with Crippen LogP contribution in [-0.2, 0) is 4.79 Å². The molecule has 3 aromatic carbocycles. The number of anilines is 1. The standard InChI is InChI=1S/C21H15ClFNO2/c22-19-3-1-2-4-20(19)26-18-12-10-17(11-13-18)24-21(25)14-7-15-5-8-16(23)9-6-15/h1-14H,(H,24,25)/b14-7+. The zero-order valence-corrected chi connectivity index (χ0v) is 14.4. The lowest BCUT2D eigenvalue weighted by atomic mass is 10.2. The van der Waals surface area contributed by atoms with Crippen molar-refractivity contribution in [2.24, 2.45) is 0 Å². The molecule has 0 aliphatic rings. The molecule has 0 aliphatic carbocycles. The minimum atomic E-state index is -0.314. The number of carbonyl (C=O) groups excluding carboxylic acids is 1. The van der Waals surface area contributed by atoms with E-state index in [1.165, 1.54) is 18.2 Å². The topological polar surface area (TPSA) is 38.3 Å².